The number of carbonyl (C=O) groups is 5. The molecular formula is C14H25N5O7S. The molecule has 0 saturated heterocycles. The molecule has 0 aliphatic carbocycles. The van der Waals surface area contributed by atoms with Crippen LogP contribution >= 0.6 is 12.6 Å². The molecule has 0 bridgehead atoms. The molecule has 0 aliphatic rings. The molecule has 0 heterocycles. The van der Waals surface area contributed by atoms with Gasteiger partial charge in [-0.25, -0.2) is 0 Å². The highest BCUT2D eigenvalue weighted by atomic mass is 32.1. The van der Waals surface area contributed by atoms with Crippen LogP contribution in [0.1, 0.15) is 19.8 Å². The average molecular weight is 407 g/mol. The fourth-order valence-electron chi connectivity index (χ4n) is 1.74. The van der Waals surface area contributed by atoms with Gasteiger partial charge in [0.2, 0.25) is 23.6 Å². The number of carboxylic acid groups (broad SMARTS) is 1. The number of carbonyl (C=O) groups excluding carboxylic acids is 4. The van der Waals surface area contributed by atoms with Gasteiger partial charge < -0.3 is 37.6 Å². The number of aliphatic hydroxyl groups excluding tert-OH is 1. The van der Waals surface area contributed by atoms with Gasteiger partial charge in [0.15, 0.2) is 0 Å². The van der Waals surface area contributed by atoms with Crippen molar-refractivity contribution in [3.63, 3.8) is 0 Å². The fraction of sp³-hybridized carbons (Fsp3) is 0.643. The van der Waals surface area contributed by atoms with E-state index in [9.17, 15) is 29.1 Å². The molecule has 12 nitrogen and oxygen atoms in total. The molecule has 0 fully saturated rings. The van der Waals surface area contributed by atoms with Gasteiger partial charge in [-0.05, 0) is 13.3 Å². The minimum Gasteiger partial charge on any atom is -0.480 e. The Hall–Kier alpha value is -2.38. The molecule has 9 N–H and O–H groups in total. The highest BCUT2D eigenvalue weighted by Crippen LogP contribution is 1.97. The van der Waals surface area contributed by atoms with Crippen LogP contribution in [0.5, 0.6) is 0 Å². The van der Waals surface area contributed by atoms with E-state index in [-0.39, 0.29) is 18.6 Å². The van der Waals surface area contributed by atoms with Crippen molar-refractivity contribution < 1.29 is 34.2 Å². The Morgan fingerprint density at radius 2 is 1.52 bits per heavy atom. The van der Waals surface area contributed by atoms with Crippen LogP contribution in [0.25, 0.3) is 0 Å². The van der Waals surface area contributed by atoms with Crippen LogP contribution in [0.2, 0.25) is 0 Å². The van der Waals surface area contributed by atoms with Crippen molar-refractivity contribution in [2.24, 2.45) is 11.5 Å². The summed E-state index contributed by atoms with van der Waals surface area (Å²) >= 11 is 3.91. The highest BCUT2D eigenvalue weighted by molar-refractivity contribution is 7.80. The SMILES string of the molecule is CC(NC(=O)C(CS)NC(=O)C(CO)NC(=O)C(N)CCC(N)=O)C(=O)O. The minimum absolute atomic E-state index is 0.0460. The maximum atomic E-state index is 12.2. The van der Waals surface area contributed by atoms with E-state index in [0.717, 1.165) is 0 Å². The van der Waals surface area contributed by atoms with Gasteiger partial charge in [0.25, 0.3) is 0 Å². The summed E-state index contributed by atoms with van der Waals surface area (Å²) in [7, 11) is 0. The standard InChI is InChI=1S/C14H25N5O7S/c1-6(14(25)26)17-13(24)9(5-27)19-12(23)8(4-20)18-11(22)7(15)2-3-10(16)21/h6-9,20,27H,2-5,15H2,1H3,(H2,16,21)(H,17,24)(H,18,22)(H,19,23)(H,25,26). The van der Waals surface area contributed by atoms with Gasteiger partial charge in [-0.3, -0.25) is 24.0 Å². The fourth-order valence-corrected chi connectivity index (χ4v) is 2.00. The van der Waals surface area contributed by atoms with Crippen molar-refractivity contribution in [2.75, 3.05) is 12.4 Å². The van der Waals surface area contributed by atoms with Gasteiger partial charge in [0, 0.05) is 12.2 Å². The normalized spacial score (nSPS) is 15.0. The lowest BCUT2D eigenvalue weighted by atomic mass is 10.1. The van der Waals surface area contributed by atoms with Gasteiger partial charge in [-0.15, -0.1) is 0 Å². The lowest BCUT2D eigenvalue weighted by Gasteiger charge is -2.22. The summed E-state index contributed by atoms with van der Waals surface area (Å²) in [5.41, 5.74) is 10.5. The second kappa shape index (κ2) is 12.1. The molecule has 0 rings (SSSR count). The first-order chi connectivity index (χ1) is 12.5. The molecule has 0 radical (unpaired) electrons. The number of thiol groups is 1. The predicted octanol–water partition coefficient (Wildman–Crippen LogP) is -3.94. The van der Waals surface area contributed by atoms with Crippen molar-refractivity contribution in [1.82, 2.24) is 16.0 Å². The Bertz CT molecular complexity index is 574. The van der Waals surface area contributed by atoms with Crippen LogP contribution < -0.4 is 27.4 Å². The number of nitrogens with one attached hydrogen (secondary N) is 3. The molecule has 0 aromatic heterocycles. The molecule has 154 valence electrons. The zero-order chi connectivity index (χ0) is 21.1. The average Bonchev–Trinajstić information content (AvgIpc) is 2.60. The molecule has 0 spiro atoms. The topological polar surface area (TPSA) is 214 Å². The van der Waals surface area contributed by atoms with E-state index >= 15 is 0 Å². The van der Waals surface area contributed by atoms with E-state index in [1.807, 2.05) is 0 Å². The van der Waals surface area contributed by atoms with E-state index < -0.39 is 60.4 Å². The Morgan fingerprint density at radius 3 is 1.96 bits per heavy atom. The molecule has 4 amide bonds. The zero-order valence-electron chi connectivity index (χ0n) is 14.7. The molecule has 0 saturated carbocycles. The third-order valence-electron chi connectivity index (χ3n) is 3.40. The zero-order valence-corrected chi connectivity index (χ0v) is 15.6. The molecule has 0 aliphatic heterocycles. The minimum atomic E-state index is -1.41. The smallest absolute Gasteiger partial charge is 0.325 e. The molecular weight excluding hydrogens is 382 g/mol. The molecule has 4 atom stereocenters. The number of aliphatic carboxylic acids is 1. The highest BCUT2D eigenvalue weighted by Gasteiger charge is 2.28. The molecule has 4 unspecified atom stereocenters. The summed E-state index contributed by atoms with van der Waals surface area (Å²) in [6, 6.07) is -4.92. The second-order valence-corrected chi connectivity index (χ2v) is 6.03. The number of amides is 4. The second-order valence-electron chi connectivity index (χ2n) is 5.67. The van der Waals surface area contributed by atoms with E-state index in [1.165, 1.54) is 6.92 Å². The van der Waals surface area contributed by atoms with Gasteiger partial charge in [0.05, 0.1) is 12.6 Å². The quantitative estimate of drug-likeness (QED) is 0.149. The molecule has 0 aromatic rings. The molecule has 13 heteroatoms. The van der Waals surface area contributed by atoms with E-state index in [4.69, 9.17) is 16.6 Å². The van der Waals surface area contributed by atoms with E-state index in [0.29, 0.717) is 0 Å². The Morgan fingerprint density at radius 1 is 1.00 bits per heavy atom. The Labute approximate surface area is 160 Å². The maximum Gasteiger partial charge on any atom is 0.325 e. The summed E-state index contributed by atoms with van der Waals surface area (Å²) < 4.78 is 0. The van der Waals surface area contributed by atoms with E-state index in [2.05, 4.69) is 28.6 Å². The van der Waals surface area contributed by atoms with Crippen molar-refractivity contribution in [1.29, 1.82) is 0 Å². The summed E-state index contributed by atoms with van der Waals surface area (Å²) in [6.07, 6.45) is -0.177. The van der Waals surface area contributed by atoms with Crippen molar-refractivity contribution >= 4 is 42.2 Å². The van der Waals surface area contributed by atoms with E-state index in [1.54, 1.807) is 0 Å². The van der Waals surface area contributed by atoms with Crippen LogP contribution in [0, 0.1) is 0 Å². The number of hydrogen-bond acceptors (Lipinski definition) is 8. The predicted molar refractivity (Wildman–Crippen MR) is 96.4 cm³/mol. The first-order valence-corrected chi connectivity index (χ1v) is 8.56. The summed E-state index contributed by atoms with van der Waals surface area (Å²) in [6.45, 7) is 0.453. The number of carboxylic acids is 1. The van der Waals surface area contributed by atoms with Crippen LogP contribution in [-0.2, 0) is 24.0 Å². The summed E-state index contributed by atoms with van der Waals surface area (Å²) in [5.74, 6) is -4.56. The van der Waals surface area contributed by atoms with Crippen molar-refractivity contribution in [2.45, 2.75) is 43.9 Å². The van der Waals surface area contributed by atoms with Crippen LogP contribution in [0.15, 0.2) is 0 Å². The summed E-state index contributed by atoms with van der Waals surface area (Å²) in [4.78, 5) is 57.5. The molecule has 0 aromatic carbocycles. The lowest BCUT2D eigenvalue weighted by molar-refractivity contribution is -0.141. The van der Waals surface area contributed by atoms with Gasteiger partial charge >= 0.3 is 5.97 Å². The first-order valence-electron chi connectivity index (χ1n) is 7.93. The lowest BCUT2D eigenvalue weighted by Crippen LogP contribution is -2.58. The van der Waals surface area contributed by atoms with Crippen molar-refractivity contribution in [3.05, 3.63) is 0 Å². The number of hydrogen-bond donors (Lipinski definition) is 8. The maximum absolute atomic E-state index is 12.2. The van der Waals surface area contributed by atoms with Gasteiger partial charge in [0.1, 0.15) is 18.1 Å². The third kappa shape index (κ3) is 9.21. The van der Waals surface area contributed by atoms with Crippen molar-refractivity contribution in [3.8, 4) is 0 Å². The number of primary amides is 1. The Balaban J connectivity index is 4.80. The van der Waals surface area contributed by atoms with Crippen LogP contribution in [0.3, 0.4) is 0 Å². The molecule has 27 heavy (non-hydrogen) atoms. The first kappa shape index (κ1) is 24.6. The van der Waals surface area contributed by atoms with Crippen LogP contribution in [-0.4, -0.2) is 76.3 Å². The van der Waals surface area contributed by atoms with Gasteiger partial charge in [-0.1, -0.05) is 0 Å². The van der Waals surface area contributed by atoms with Crippen LogP contribution in [0.4, 0.5) is 0 Å². The van der Waals surface area contributed by atoms with Gasteiger partial charge in [-0.2, -0.15) is 12.6 Å². The monoisotopic (exact) mass is 407 g/mol. The summed E-state index contributed by atoms with van der Waals surface area (Å²) in [5, 5.41) is 24.7. The Kier molecular flexibility index (Phi) is 11.0. The number of rotatable bonds is 12. The largest absolute Gasteiger partial charge is 0.480 e. The number of nitrogens with two attached hydrogens (primary N) is 2. The third-order valence-corrected chi connectivity index (χ3v) is 3.76. The number of aliphatic hydroxyl groups is 1.